The Balaban J connectivity index is 1.63. The van der Waals surface area contributed by atoms with Crippen molar-refractivity contribution in [3.05, 3.63) is 60.5 Å². The molecule has 0 saturated carbocycles. The molecule has 0 radical (unpaired) electrons. The molecule has 0 spiro atoms. The predicted octanol–water partition coefficient (Wildman–Crippen LogP) is 5.03. The first kappa shape index (κ1) is 20.4. The van der Waals surface area contributed by atoms with Crippen LogP contribution in [0.2, 0.25) is 15.1 Å². The normalized spacial score (nSPS) is 11.0. The summed E-state index contributed by atoms with van der Waals surface area (Å²) < 4.78 is 4.40. The number of carbonyl (C=O) groups is 1. The highest BCUT2D eigenvalue weighted by Crippen LogP contribution is 2.27. The fraction of sp³-hybridized carbons (Fsp3) is 0.235. The van der Waals surface area contributed by atoms with Crippen molar-refractivity contribution in [1.29, 1.82) is 0 Å². The van der Waals surface area contributed by atoms with Crippen LogP contribution >= 0.6 is 57.4 Å². The SMILES string of the molecule is Cc1nn(CCC(=O)Nc2nn(Cc3c(Cl)cccc3Cl)cc2Cl)cc1I. The number of rotatable bonds is 6. The van der Waals surface area contributed by atoms with Gasteiger partial charge in [0.05, 0.1) is 15.8 Å². The van der Waals surface area contributed by atoms with Gasteiger partial charge in [0.25, 0.3) is 0 Å². The predicted molar refractivity (Wildman–Crippen MR) is 116 cm³/mol. The van der Waals surface area contributed by atoms with Crippen molar-refractivity contribution in [2.24, 2.45) is 0 Å². The van der Waals surface area contributed by atoms with Gasteiger partial charge in [-0.15, -0.1) is 0 Å². The van der Waals surface area contributed by atoms with Gasteiger partial charge in [-0.25, -0.2) is 0 Å². The van der Waals surface area contributed by atoms with E-state index in [1.54, 1.807) is 33.8 Å². The second kappa shape index (κ2) is 8.81. The van der Waals surface area contributed by atoms with Gasteiger partial charge in [-0.3, -0.25) is 14.2 Å². The highest BCUT2D eigenvalue weighted by molar-refractivity contribution is 14.1. The minimum atomic E-state index is -0.193. The van der Waals surface area contributed by atoms with Crippen molar-refractivity contribution in [3.63, 3.8) is 0 Å². The number of anilines is 1. The summed E-state index contributed by atoms with van der Waals surface area (Å²) in [6.07, 6.45) is 3.78. The van der Waals surface area contributed by atoms with E-state index in [1.807, 2.05) is 13.1 Å². The van der Waals surface area contributed by atoms with Crippen LogP contribution < -0.4 is 5.32 Å². The van der Waals surface area contributed by atoms with Crippen LogP contribution in [-0.4, -0.2) is 25.5 Å². The largest absolute Gasteiger partial charge is 0.308 e. The third-order valence-corrected chi connectivity index (χ3v) is 5.86. The highest BCUT2D eigenvalue weighted by Gasteiger charge is 2.13. The third-order valence-electron chi connectivity index (χ3n) is 3.81. The summed E-state index contributed by atoms with van der Waals surface area (Å²) in [5.74, 6) is 0.108. The molecule has 3 aromatic rings. The lowest BCUT2D eigenvalue weighted by atomic mass is 10.2. The summed E-state index contributed by atoms with van der Waals surface area (Å²) in [6, 6.07) is 5.29. The number of amides is 1. The molecule has 2 heterocycles. The lowest BCUT2D eigenvalue weighted by Gasteiger charge is -2.07. The molecule has 1 N–H and O–H groups in total. The molecule has 27 heavy (non-hydrogen) atoms. The highest BCUT2D eigenvalue weighted by atomic mass is 127. The number of aryl methyl sites for hydroxylation is 2. The molecule has 2 aromatic heterocycles. The maximum Gasteiger partial charge on any atom is 0.227 e. The topological polar surface area (TPSA) is 64.7 Å². The van der Waals surface area contributed by atoms with Crippen LogP contribution in [0, 0.1) is 10.5 Å². The minimum Gasteiger partial charge on any atom is -0.308 e. The van der Waals surface area contributed by atoms with Crippen molar-refractivity contribution in [2.75, 3.05) is 5.32 Å². The first-order chi connectivity index (χ1) is 12.8. The quantitative estimate of drug-likeness (QED) is 0.448. The van der Waals surface area contributed by atoms with Crippen LogP contribution in [0.15, 0.2) is 30.6 Å². The molecule has 10 heteroatoms. The number of aromatic nitrogens is 4. The Morgan fingerprint density at radius 2 is 1.81 bits per heavy atom. The van der Waals surface area contributed by atoms with Gasteiger partial charge in [-0.1, -0.05) is 40.9 Å². The second-order valence-corrected chi connectivity index (χ2v) is 8.23. The molecule has 1 aromatic carbocycles. The number of carbonyl (C=O) groups excluding carboxylic acids is 1. The number of halogens is 4. The van der Waals surface area contributed by atoms with Crippen molar-refractivity contribution in [3.8, 4) is 0 Å². The van der Waals surface area contributed by atoms with E-state index in [0.717, 1.165) is 14.8 Å². The molecule has 6 nitrogen and oxygen atoms in total. The van der Waals surface area contributed by atoms with Gasteiger partial charge in [0.2, 0.25) is 5.91 Å². The number of hydrogen-bond donors (Lipinski definition) is 1. The number of hydrogen-bond acceptors (Lipinski definition) is 3. The summed E-state index contributed by atoms with van der Waals surface area (Å²) in [5.41, 5.74) is 1.68. The van der Waals surface area contributed by atoms with E-state index in [1.165, 1.54) is 0 Å². The molecule has 0 bridgehead atoms. The van der Waals surface area contributed by atoms with Crippen LogP contribution in [0.1, 0.15) is 17.7 Å². The number of nitrogens with zero attached hydrogens (tertiary/aromatic N) is 4. The molecule has 0 atom stereocenters. The van der Waals surface area contributed by atoms with Gasteiger partial charge in [-0.2, -0.15) is 10.2 Å². The molecule has 0 unspecified atom stereocenters. The molecule has 1 amide bonds. The Bertz CT molecular complexity index is 945. The fourth-order valence-electron chi connectivity index (χ4n) is 2.43. The lowest BCUT2D eigenvalue weighted by molar-refractivity contribution is -0.116. The molecular formula is C17H15Cl3IN5O. The first-order valence-corrected chi connectivity index (χ1v) is 10.2. The summed E-state index contributed by atoms with van der Waals surface area (Å²) in [4.78, 5) is 12.2. The Kier molecular flexibility index (Phi) is 6.67. The zero-order valence-electron chi connectivity index (χ0n) is 14.2. The van der Waals surface area contributed by atoms with Gasteiger partial charge >= 0.3 is 0 Å². The standard InChI is InChI=1S/C17H15Cl3IN5O/c1-10-15(21)9-25(23-10)6-5-16(27)22-17-14(20)8-26(24-17)7-11-12(18)3-2-4-13(11)19/h2-4,8-9H,5-7H2,1H3,(H,22,24,27). The summed E-state index contributed by atoms with van der Waals surface area (Å²) >= 11 is 20.8. The Hall–Kier alpha value is -1.29. The molecule has 0 saturated heterocycles. The molecular weight excluding hydrogens is 523 g/mol. The van der Waals surface area contributed by atoms with E-state index in [9.17, 15) is 4.79 Å². The van der Waals surface area contributed by atoms with Crippen LogP contribution in [0.25, 0.3) is 0 Å². The Morgan fingerprint density at radius 3 is 2.44 bits per heavy atom. The monoisotopic (exact) mass is 537 g/mol. The Morgan fingerprint density at radius 1 is 1.11 bits per heavy atom. The molecule has 0 aliphatic heterocycles. The van der Waals surface area contributed by atoms with Crippen molar-refractivity contribution in [1.82, 2.24) is 19.6 Å². The third kappa shape index (κ3) is 5.16. The summed E-state index contributed by atoms with van der Waals surface area (Å²) in [6.45, 7) is 2.75. The number of benzene rings is 1. The summed E-state index contributed by atoms with van der Waals surface area (Å²) in [5, 5.41) is 12.8. The first-order valence-electron chi connectivity index (χ1n) is 7.98. The fourth-order valence-corrected chi connectivity index (χ4v) is 3.57. The van der Waals surface area contributed by atoms with E-state index in [4.69, 9.17) is 34.8 Å². The van der Waals surface area contributed by atoms with E-state index in [0.29, 0.717) is 34.0 Å². The maximum absolute atomic E-state index is 12.2. The molecule has 3 rings (SSSR count). The molecule has 0 aliphatic rings. The van der Waals surface area contributed by atoms with Gasteiger partial charge in [0.1, 0.15) is 5.02 Å². The molecule has 0 aliphatic carbocycles. The van der Waals surface area contributed by atoms with Crippen LogP contribution in [-0.2, 0) is 17.9 Å². The van der Waals surface area contributed by atoms with Gasteiger partial charge < -0.3 is 5.32 Å². The van der Waals surface area contributed by atoms with Gasteiger partial charge in [0.15, 0.2) is 5.82 Å². The zero-order valence-corrected chi connectivity index (χ0v) is 18.6. The summed E-state index contributed by atoms with van der Waals surface area (Å²) in [7, 11) is 0. The second-order valence-electron chi connectivity index (χ2n) is 5.85. The molecule has 142 valence electrons. The smallest absolute Gasteiger partial charge is 0.227 e. The average molecular weight is 539 g/mol. The van der Waals surface area contributed by atoms with Crippen LogP contribution in [0.4, 0.5) is 5.82 Å². The van der Waals surface area contributed by atoms with E-state index < -0.39 is 0 Å². The lowest BCUT2D eigenvalue weighted by Crippen LogP contribution is -2.15. The van der Waals surface area contributed by atoms with Crippen LogP contribution in [0.3, 0.4) is 0 Å². The van der Waals surface area contributed by atoms with Gasteiger partial charge in [0, 0.05) is 41.0 Å². The van der Waals surface area contributed by atoms with E-state index in [-0.39, 0.29) is 12.3 Å². The minimum absolute atomic E-state index is 0.193. The van der Waals surface area contributed by atoms with E-state index >= 15 is 0 Å². The number of nitrogens with one attached hydrogen (secondary N) is 1. The Labute approximate surface area is 184 Å². The van der Waals surface area contributed by atoms with Gasteiger partial charge in [-0.05, 0) is 41.6 Å². The van der Waals surface area contributed by atoms with Crippen molar-refractivity contribution >= 4 is 69.1 Å². The van der Waals surface area contributed by atoms with Crippen molar-refractivity contribution in [2.45, 2.75) is 26.4 Å². The van der Waals surface area contributed by atoms with Crippen molar-refractivity contribution < 1.29 is 4.79 Å². The zero-order chi connectivity index (χ0) is 19.6. The average Bonchev–Trinajstić information content (AvgIpc) is 3.11. The van der Waals surface area contributed by atoms with Crippen LogP contribution in [0.5, 0.6) is 0 Å². The molecule has 0 fully saturated rings. The maximum atomic E-state index is 12.2. The van der Waals surface area contributed by atoms with E-state index in [2.05, 4.69) is 38.1 Å².